The largest absolute Gasteiger partial charge is 0.321 e. The summed E-state index contributed by atoms with van der Waals surface area (Å²) in [6, 6.07) is 16.2. The van der Waals surface area contributed by atoms with E-state index in [0.717, 1.165) is 26.9 Å². The van der Waals surface area contributed by atoms with Gasteiger partial charge >= 0.3 is 0 Å². The van der Waals surface area contributed by atoms with Crippen LogP contribution in [0.3, 0.4) is 0 Å². The first-order valence-electron chi connectivity index (χ1n) is 6.78. The monoisotopic (exact) mass is 339 g/mol. The third kappa shape index (κ3) is 2.45. The van der Waals surface area contributed by atoms with Gasteiger partial charge < -0.3 is 4.57 Å². The van der Waals surface area contributed by atoms with E-state index in [4.69, 9.17) is 10.2 Å². The second-order valence-electron chi connectivity index (χ2n) is 5.22. The molecule has 4 heteroatoms. The second-order valence-corrected chi connectivity index (χ2v) is 6.14. The van der Waals surface area contributed by atoms with E-state index in [9.17, 15) is 0 Å². The molecule has 2 aromatic carbocycles. The highest BCUT2D eigenvalue weighted by Gasteiger charge is 2.15. The highest BCUT2D eigenvalue weighted by molar-refractivity contribution is 9.10. The third-order valence-corrected chi connectivity index (χ3v) is 3.91. The highest BCUT2D eigenvalue weighted by Crippen LogP contribution is 2.30. The van der Waals surface area contributed by atoms with Crippen LogP contribution in [0.4, 0.5) is 0 Å². The predicted octanol–water partition coefficient (Wildman–Crippen LogP) is 4.92. The molecule has 0 spiro atoms. The van der Waals surface area contributed by atoms with Gasteiger partial charge in [-0.05, 0) is 44.2 Å². The van der Waals surface area contributed by atoms with E-state index in [1.807, 2.05) is 30.3 Å². The van der Waals surface area contributed by atoms with Gasteiger partial charge in [-0.2, -0.15) is 5.26 Å². The number of imidazole rings is 1. The Bertz CT molecular complexity index is 856. The lowest BCUT2D eigenvalue weighted by atomic mass is 10.2. The molecular weight excluding hydrogens is 326 g/mol. The van der Waals surface area contributed by atoms with Crippen molar-refractivity contribution < 1.29 is 0 Å². The number of nitriles is 1. The number of hydrogen-bond acceptors (Lipinski definition) is 2. The quantitative estimate of drug-likeness (QED) is 0.664. The second kappa shape index (κ2) is 5.34. The van der Waals surface area contributed by atoms with Crippen molar-refractivity contribution in [3.63, 3.8) is 0 Å². The molecule has 3 aromatic rings. The Morgan fingerprint density at radius 2 is 2.00 bits per heavy atom. The van der Waals surface area contributed by atoms with Gasteiger partial charge in [0, 0.05) is 16.1 Å². The Kier molecular flexibility index (Phi) is 3.52. The predicted molar refractivity (Wildman–Crippen MR) is 88.0 cm³/mol. The van der Waals surface area contributed by atoms with E-state index in [2.05, 4.69) is 52.5 Å². The van der Waals surface area contributed by atoms with Gasteiger partial charge in [-0.25, -0.2) is 4.98 Å². The molecule has 0 aliphatic rings. The van der Waals surface area contributed by atoms with Gasteiger partial charge in [-0.3, -0.25) is 0 Å². The van der Waals surface area contributed by atoms with Crippen LogP contribution in [0.15, 0.2) is 46.9 Å². The van der Waals surface area contributed by atoms with Gasteiger partial charge in [0.05, 0.1) is 22.7 Å². The minimum absolute atomic E-state index is 0.289. The highest BCUT2D eigenvalue weighted by atomic mass is 79.9. The summed E-state index contributed by atoms with van der Waals surface area (Å²) in [5.74, 6) is 0.927. The molecule has 1 heterocycles. The maximum absolute atomic E-state index is 9.04. The molecule has 0 atom stereocenters. The van der Waals surface area contributed by atoms with Crippen molar-refractivity contribution in [2.24, 2.45) is 0 Å². The van der Waals surface area contributed by atoms with Crippen LogP contribution in [-0.2, 0) is 0 Å². The van der Waals surface area contributed by atoms with Gasteiger partial charge in [0.15, 0.2) is 0 Å². The first-order valence-corrected chi connectivity index (χ1v) is 7.57. The normalized spacial score (nSPS) is 11.0. The van der Waals surface area contributed by atoms with Crippen LogP contribution in [0.1, 0.15) is 25.5 Å². The number of aromatic nitrogens is 2. The average Bonchev–Trinajstić information content (AvgIpc) is 2.85. The molecule has 0 amide bonds. The SMILES string of the molecule is CC(C)n1c(-c2cccc(Br)c2)nc2cc(C#N)ccc21. The van der Waals surface area contributed by atoms with Crippen molar-refractivity contribution in [2.45, 2.75) is 19.9 Å². The molecule has 0 unspecified atom stereocenters. The molecule has 1 aromatic heterocycles. The van der Waals surface area contributed by atoms with Crippen LogP contribution >= 0.6 is 15.9 Å². The van der Waals surface area contributed by atoms with Crippen LogP contribution in [0.25, 0.3) is 22.4 Å². The van der Waals surface area contributed by atoms with E-state index in [0.29, 0.717) is 5.56 Å². The lowest BCUT2D eigenvalue weighted by molar-refractivity contribution is 0.624. The summed E-state index contributed by atoms with van der Waals surface area (Å²) in [4.78, 5) is 4.74. The summed E-state index contributed by atoms with van der Waals surface area (Å²) in [5, 5.41) is 9.04. The lowest BCUT2D eigenvalue weighted by Crippen LogP contribution is -2.03. The van der Waals surface area contributed by atoms with Gasteiger partial charge in [0.2, 0.25) is 0 Å². The topological polar surface area (TPSA) is 41.6 Å². The third-order valence-electron chi connectivity index (χ3n) is 3.42. The molecular formula is C17H14BrN3. The summed E-state index contributed by atoms with van der Waals surface area (Å²) in [5.41, 5.74) is 3.61. The zero-order valence-electron chi connectivity index (χ0n) is 11.8. The number of nitrogens with zero attached hydrogens (tertiary/aromatic N) is 3. The molecule has 0 aliphatic heterocycles. The lowest BCUT2D eigenvalue weighted by Gasteiger charge is -2.13. The number of benzene rings is 2. The molecule has 0 radical (unpaired) electrons. The van der Waals surface area contributed by atoms with Crippen LogP contribution in [0.5, 0.6) is 0 Å². The van der Waals surface area contributed by atoms with Crippen molar-refractivity contribution in [1.82, 2.24) is 9.55 Å². The Morgan fingerprint density at radius 3 is 2.67 bits per heavy atom. The number of rotatable bonds is 2. The van der Waals surface area contributed by atoms with E-state index < -0.39 is 0 Å². The van der Waals surface area contributed by atoms with Crippen molar-refractivity contribution in [3.05, 3.63) is 52.5 Å². The maximum atomic E-state index is 9.04. The van der Waals surface area contributed by atoms with Crippen molar-refractivity contribution >= 4 is 27.0 Å². The van der Waals surface area contributed by atoms with Gasteiger partial charge in [0.25, 0.3) is 0 Å². The van der Waals surface area contributed by atoms with Crippen LogP contribution in [0, 0.1) is 11.3 Å². The average molecular weight is 340 g/mol. The molecule has 3 nitrogen and oxygen atoms in total. The standard InChI is InChI=1S/C17H14BrN3/c1-11(2)21-16-7-6-12(10-19)8-15(16)20-17(21)13-4-3-5-14(18)9-13/h3-9,11H,1-2H3. The first-order chi connectivity index (χ1) is 10.1. The van der Waals surface area contributed by atoms with E-state index in [-0.39, 0.29) is 6.04 Å². The molecule has 0 saturated heterocycles. The molecule has 0 N–H and O–H groups in total. The van der Waals surface area contributed by atoms with Crippen LogP contribution < -0.4 is 0 Å². The minimum Gasteiger partial charge on any atom is -0.321 e. The molecule has 0 bridgehead atoms. The molecule has 3 rings (SSSR count). The van der Waals surface area contributed by atoms with E-state index in [1.165, 1.54) is 0 Å². The van der Waals surface area contributed by atoms with E-state index in [1.54, 1.807) is 0 Å². The first kappa shape index (κ1) is 13.8. The summed E-state index contributed by atoms with van der Waals surface area (Å²) >= 11 is 3.51. The Labute approximate surface area is 132 Å². The number of halogens is 1. The van der Waals surface area contributed by atoms with Crippen molar-refractivity contribution in [1.29, 1.82) is 5.26 Å². The summed E-state index contributed by atoms with van der Waals surface area (Å²) in [6.45, 7) is 4.28. The fraction of sp³-hybridized carbons (Fsp3) is 0.176. The van der Waals surface area contributed by atoms with Gasteiger partial charge in [-0.15, -0.1) is 0 Å². The van der Waals surface area contributed by atoms with Crippen LogP contribution in [-0.4, -0.2) is 9.55 Å². The van der Waals surface area contributed by atoms with Gasteiger partial charge in [-0.1, -0.05) is 28.1 Å². The fourth-order valence-corrected chi connectivity index (χ4v) is 2.92. The Hall–Kier alpha value is -2.12. The minimum atomic E-state index is 0.289. The molecule has 0 aliphatic carbocycles. The number of hydrogen-bond donors (Lipinski definition) is 0. The molecule has 0 saturated carbocycles. The van der Waals surface area contributed by atoms with Crippen LogP contribution in [0.2, 0.25) is 0 Å². The zero-order valence-corrected chi connectivity index (χ0v) is 13.4. The number of fused-ring (bicyclic) bond motifs is 1. The Balaban J connectivity index is 2.31. The maximum Gasteiger partial charge on any atom is 0.141 e. The summed E-state index contributed by atoms with van der Waals surface area (Å²) < 4.78 is 3.23. The molecule has 0 fully saturated rings. The molecule has 104 valence electrons. The van der Waals surface area contributed by atoms with E-state index >= 15 is 0 Å². The summed E-state index contributed by atoms with van der Waals surface area (Å²) in [7, 11) is 0. The van der Waals surface area contributed by atoms with Gasteiger partial charge in [0.1, 0.15) is 5.82 Å². The van der Waals surface area contributed by atoms with Crippen molar-refractivity contribution in [2.75, 3.05) is 0 Å². The zero-order chi connectivity index (χ0) is 15.0. The smallest absolute Gasteiger partial charge is 0.141 e. The molecule has 21 heavy (non-hydrogen) atoms. The Morgan fingerprint density at radius 1 is 1.19 bits per heavy atom. The summed E-state index contributed by atoms with van der Waals surface area (Å²) in [6.07, 6.45) is 0. The fourth-order valence-electron chi connectivity index (χ4n) is 2.52. The van der Waals surface area contributed by atoms with Crippen molar-refractivity contribution in [3.8, 4) is 17.5 Å².